The van der Waals surface area contributed by atoms with Gasteiger partial charge in [0.15, 0.2) is 0 Å². The molecule has 7 nitrogen and oxygen atoms in total. The van der Waals surface area contributed by atoms with E-state index in [2.05, 4.69) is 20.9 Å². The third-order valence-corrected chi connectivity index (χ3v) is 8.84. The summed E-state index contributed by atoms with van der Waals surface area (Å²) in [5.74, 6) is -1.02. The van der Waals surface area contributed by atoms with Crippen LogP contribution in [0, 0.1) is 0 Å². The summed E-state index contributed by atoms with van der Waals surface area (Å²) >= 11 is 2.88. The van der Waals surface area contributed by atoms with Gasteiger partial charge in [0, 0.05) is 33.5 Å². The Hall–Kier alpha value is -5.38. The molecule has 2 heterocycles. The molecule has 0 fully saturated rings. The van der Waals surface area contributed by atoms with Crippen LogP contribution < -0.4 is 16.0 Å². The second-order valence-electron chi connectivity index (χ2n) is 10.1. The molecule has 9 heteroatoms. The second kappa shape index (κ2) is 13.9. The molecule has 4 N–H and O–H groups in total. The number of thioether (sulfide) groups is 1. The lowest BCUT2D eigenvalue weighted by atomic mass is 10.1. The van der Waals surface area contributed by atoms with E-state index in [4.69, 9.17) is 0 Å². The summed E-state index contributed by atoms with van der Waals surface area (Å²) in [4.78, 5) is 44.0. The molecule has 0 saturated heterocycles. The average Bonchev–Trinajstić information content (AvgIpc) is 3.76. The molecule has 6 rings (SSSR count). The molecule has 0 aliphatic carbocycles. The zero-order valence-electron chi connectivity index (χ0n) is 23.9. The summed E-state index contributed by atoms with van der Waals surface area (Å²) in [6, 6.07) is 35.2. The third-order valence-electron chi connectivity index (χ3n) is 6.89. The standard InChI is InChI=1S/C36H28N4O3S2/c41-34(27-10-5-2-6-11-27)40-32(20-24-17-19-44-23-24)35(42)38-28-12-7-13-30(21-28)45-33(26-8-3-1-4-9-26)36(43)39-29-15-14-25-16-18-37-31(25)22-29/h1-23,33,37H,(H,38,42)(H,39,43)(H,40,41)/b32-20-. The molecular weight excluding hydrogens is 601 g/mol. The van der Waals surface area contributed by atoms with Crippen molar-refractivity contribution >= 4 is 69.2 Å². The van der Waals surface area contributed by atoms with Crippen LogP contribution in [0.2, 0.25) is 0 Å². The number of aromatic amines is 1. The van der Waals surface area contributed by atoms with Crippen molar-refractivity contribution in [3.05, 3.63) is 155 Å². The number of rotatable bonds is 10. The minimum atomic E-state index is -0.560. The highest BCUT2D eigenvalue weighted by Gasteiger charge is 2.23. The summed E-state index contributed by atoms with van der Waals surface area (Å²) in [6.45, 7) is 0. The fourth-order valence-corrected chi connectivity index (χ4v) is 6.38. The van der Waals surface area contributed by atoms with Gasteiger partial charge in [-0.1, -0.05) is 60.7 Å². The first-order valence-corrected chi connectivity index (χ1v) is 16.0. The fraction of sp³-hybridized carbons (Fsp3) is 0.0278. The molecule has 6 aromatic rings. The molecule has 0 radical (unpaired) electrons. The number of amides is 3. The van der Waals surface area contributed by atoms with Gasteiger partial charge < -0.3 is 20.9 Å². The zero-order valence-corrected chi connectivity index (χ0v) is 25.5. The number of fused-ring (bicyclic) bond motifs is 1. The normalized spacial score (nSPS) is 12.0. The lowest BCUT2D eigenvalue weighted by Gasteiger charge is -2.18. The van der Waals surface area contributed by atoms with E-state index in [-0.39, 0.29) is 17.5 Å². The third kappa shape index (κ3) is 7.59. The number of aromatic nitrogens is 1. The van der Waals surface area contributed by atoms with E-state index in [0.717, 1.165) is 26.9 Å². The maximum atomic E-state index is 13.7. The highest BCUT2D eigenvalue weighted by atomic mass is 32.2. The SMILES string of the molecule is O=C(Nc1cccc(SC(C(=O)Nc2ccc3cc[nH]c3c2)c2ccccc2)c1)/C(=C/c1ccsc1)NC(=O)c1ccccc1. The van der Waals surface area contributed by atoms with Crippen LogP contribution in [-0.2, 0) is 9.59 Å². The molecule has 2 aromatic heterocycles. The van der Waals surface area contributed by atoms with E-state index in [1.165, 1.54) is 23.1 Å². The van der Waals surface area contributed by atoms with Gasteiger partial charge in [0.1, 0.15) is 10.9 Å². The number of hydrogen-bond donors (Lipinski definition) is 4. The van der Waals surface area contributed by atoms with E-state index in [9.17, 15) is 14.4 Å². The highest BCUT2D eigenvalue weighted by Crippen LogP contribution is 2.37. The monoisotopic (exact) mass is 628 g/mol. The number of H-pyrrole nitrogens is 1. The summed E-state index contributed by atoms with van der Waals surface area (Å²) in [6.07, 6.45) is 3.51. The summed E-state index contributed by atoms with van der Waals surface area (Å²) in [7, 11) is 0. The predicted molar refractivity (Wildman–Crippen MR) is 183 cm³/mol. The van der Waals surface area contributed by atoms with Crippen molar-refractivity contribution in [2.45, 2.75) is 10.1 Å². The fourth-order valence-electron chi connectivity index (χ4n) is 4.68. The van der Waals surface area contributed by atoms with Crippen molar-refractivity contribution in [1.82, 2.24) is 10.3 Å². The zero-order chi connectivity index (χ0) is 31.0. The predicted octanol–water partition coefficient (Wildman–Crippen LogP) is 8.11. The Morgan fingerprint density at radius 1 is 0.778 bits per heavy atom. The number of thiophene rings is 1. The Labute approximate surface area is 268 Å². The van der Waals surface area contributed by atoms with E-state index in [1.54, 1.807) is 36.4 Å². The average molecular weight is 629 g/mol. The van der Waals surface area contributed by atoms with Crippen LogP contribution in [-0.4, -0.2) is 22.7 Å². The summed E-state index contributed by atoms with van der Waals surface area (Å²) < 4.78 is 0. The number of carbonyl (C=O) groups excluding carboxylic acids is 3. The number of anilines is 2. The Morgan fingerprint density at radius 2 is 1.56 bits per heavy atom. The van der Waals surface area contributed by atoms with E-state index >= 15 is 0 Å². The van der Waals surface area contributed by atoms with Gasteiger partial charge in [0.2, 0.25) is 5.91 Å². The smallest absolute Gasteiger partial charge is 0.272 e. The van der Waals surface area contributed by atoms with Crippen LogP contribution in [0.3, 0.4) is 0 Å². The Balaban J connectivity index is 1.21. The summed E-state index contributed by atoms with van der Waals surface area (Å²) in [5.41, 5.74) is 4.36. The van der Waals surface area contributed by atoms with Crippen LogP contribution in [0.25, 0.3) is 17.0 Å². The van der Waals surface area contributed by atoms with Gasteiger partial charge in [0.05, 0.1) is 0 Å². The van der Waals surface area contributed by atoms with Crippen molar-refractivity contribution in [2.75, 3.05) is 10.6 Å². The highest BCUT2D eigenvalue weighted by molar-refractivity contribution is 8.00. The first-order valence-electron chi connectivity index (χ1n) is 14.1. The number of carbonyl (C=O) groups is 3. The second-order valence-corrected chi connectivity index (χ2v) is 12.1. The number of nitrogens with one attached hydrogen (secondary N) is 4. The first kappa shape index (κ1) is 29.7. The molecule has 4 aromatic carbocycles. The molecule has 0 saturated carbocycles. The molecule has 0 aliphatic rings. The maximum absolute atomic E-state index is 13.7. The van der Waals surface area contributed by atoms with Crippen molar-refractivity contribution in [2.24, 2.45) is 0 Å². The molecule has 3 amide bonds. The Bertz CT molecular complexity index is 1970. The van der Waals surface area contributed by atoms with Gasteiger partial charge in [-0.05, 0) is 87.9 Å². The van der Waals surface area contributed by atoms with Gasteiger partial charge in [-0.3, -0.25) is 14.4 Å². The van der Waals surface area contributed by atoms with Gasteiger partial charge >= 0.3 is 0 Å². The Kier molecular flexibility index (Phi) is 9.19. The minimum absolute atomic E-state index is 0.112. The van der Waals surface area contributed by atoms with E-state index in [0.29, 0.717) is 16.9 Å². The molecule has 45 heavy (non-hydrogen) atoms. The molecular formula is C36H28N4O3S2. The van der Waals surface area contributed by atoms with Gasteiger partial charge in [-0.25, -0.2) is 0 Å². The van der Waals surface area contributed by atoms with Crippen molar-refractivity contribution in [1.29, 1.82) is 0 Å². The van der Waals surface area contributed by atoms with Crippen LogP contribution in [0.4, 0.5) is 11.4 Å². The molecule has 1 unspecified atom stereocenters. The van der Waals surface area contributed by atoms with Crippen molar-refractivity contribution < 1.29 is 14.4 Å². The number of benzene rings is 4. The lowest BCUT2D eigenvalue weighted by molar-refractivity contribution is -0.116. The van der Waals surface area contributed by atoms with E-state index in [1.807, 2.05) is 102 Å². The molecule has 0 aliphatic heterocycles. The number of hydrogen-bond acceptors (Lipinski definition) is 5. The van der Waals surface area contributed by atoms with E-state index < -0.39 is 11.2 Å². The van der Waals surface area contributed by atoms with Crippen LogP contribution >= 0.6 is 23.1 Å². The van der Waals surface area contributed by atoms with Gasteiger partial charge in [0.25, 0.3) is 11.8 Å². The topological polar surface area (TPSA) is 103 Å². The molecule has 1 atom stereocenters. The van der Waals surface area contributed by atoms with Gasteiger partial charge in [-0.2, -0.15) is 11.3 Å². The van der Waals surface area contributed by atoms with Crippen LogP contribution in [0.5, 0.6) is 0 Å². The largest absolute Gasteiger partial charge is 0.361 e. The van der Waals surface area contributed by atoms with Crippen molar-refractivity contribution in [3.8, 4) is 0 Å². The maximum Gasteiger partial charge on any atom is 0.272 e. The quantitative estimate of drug-likeness (QED) is 0.0909. The van der Waals surface area contributed by atoms with Gasteiger partial charge in [-0.15, -0.1) is 11.8 Å². The Morgan fingerprint density at radius 3 is 2.33 bits per heavy atom. The van der Waals surface area contributed by atoms with Crippen LogP contribution in [0.1, 0.15) is 26.7 Å². The summed E-state index contributed by atoms with van der Waals surface area (Å²) in [5, 5.41) is 13.0. The van der Waals surface area contributed by atoms with Crippen LogP contribution in [0.15, 0.2) is 143 Å². The first-order chi connectivity index (χ1) is 22.0. The lowest BCUT2D eigenvalue weighted by Crippen LogP contribution is -2.30. The molecule has 222 valence electrons. The molecule has 0 spiro atoms. The molecule has 0 bridgehead atoms. The van der Waals surface area contributed by atoms with Crippen molar-refractivity contribution in [3.63, 3.8) is 0 Å². The minimum Gasteiger partial charge on any atom is -0.361 e.